The summed E-state index contributed by atoms with van der Waals surface area (Å²) in [5.74, 6) is -0.350. The molecule has 0 saturated heterocycles. The van der Waals surface area contributed by atoms with Crippen LogP contribution < -0.4 is 5.56 Å². The normalized spacial score (nSPS) is 10.6. The molecule has 0 bridgehead atoms. The number of hydrogen-bond acceptors (Lipinski definition) is 6. The van der Waals surface area contributed by atoms with Crippen LogP contribution in [0.5, 0.6) is 0 Å². The number of ketones is 1. The fourth-order valence-electron chi connectivity index (χ4n) is 3.04. The molecule has 0 radical (unpaired) electrons. The van der Waals surface area contributed by atoms with Crippen LogP contribution in [-0.2, 0) is 13.1 Å². The number of pyridine rings is 1. The van der Waals surface area contributed by atoms with Crippen LogP contribution in [0.2, 0.25) is 0 Å². The Morgan fingerprint density at radius 1 is 1.36 bits per heavy atom. The van der Waals surface area contributed by atoms with Crippen molar-refractivity contribution in [1.29, 1.82) is 5.26 Å². The van der Waals surface area contributed by atoms with E-state index in [1.807, 2.05) is 35.9 Å². The highest BCUT2D eigenvalue weighted by Gasteiger charge is 2.20. The van der Waals surface area contributed by atoms with Crippen molar-refractivity contribution in [3.8, 4) is 6.07 Å². The number of Topliss-reactive ketones (excluding diaryl/α,β-unsaturated/α-hetero) is 1. The van der Waals surface area contributed by atoms with Gasteiger partial charge in [0.1, 0.15) is 11.6 Å². The summed E-state index contributed by atoms with van der Waals surface area (Å²) in [6.45, 7) is 3.98. The predicted octanol–water partition coefficient (Wildman–Crippen LogP) is 3.04. The van der Waals surface area contributed by atoms with Gasteiger partial charge in [0.25, 0.3) is 11.2 Å². The average molecular weight is 396 g/mol. The second-order valence-corrected chi connectivity index (χ2v) is 7.32. The van der Waals surface area contributed by atoms with Crippen molar-refractivity contribution in [2.75, 3.05) is 0 Å². The van der Waals surface area contributed by atoms with E-state index in [4.69, 9.17) is 5.26 Å². The molecule has 0 atom stereocenters. The van der Waals surface area contributed by atoms with E-state index in [-0.39, 0.29) is 17.9 Å². The number of nitro groups is 1. The number of thiophene rings is 1. The van der Waals surface area contributed by atoms with Crippen molar-refractivity contribution in [2.24, 2.45) is 0 Å². The summed E-state index contributed by atoms with van der Waals surface area (Å²) in [7, 11) is 0. The molecule has 3 rings (SSSR count). The van der Waals surface area contributed by atoms with Crippen LogP contribution in [0, 0.1) is 35.3 Å². The first-order valence-corrected chi connectivity index (χ1v) is 9.21. The number of aryl methyl sites for hydroxylation is 1. The zero-order valence-electron chi connectivity index (χ0n) is 15.2. The Kier molecular flexibility index (Phi) is 5.24. The number of carbonyl (C=O) groups is 1. The fraction of sp³-hybridized carbons (Fsp3) is 0.211. The average Bonchev–Trinajstić information content (AvgIpc) is 3.27. The number of rotatable bonds is 6. The molecule has 0 N–H and O–H groups in total. The van der Waals surface area contributed by atoms with Crippen molar-refractivity contribution in [3.05, 3.63) is 83.7 Å². The number of aromatic nitrogens is 2. The Labute approximate surface area is 164 Å². The number of carbonyl (C=O) groups excluding carboxylic acids is 1. The number of hydrogen-bond donors (Lipinski definition) is 0. The van der Waals surface area contributed by atoms with Crippen LogP contribution >= 0.6 is 11.3 Å². The van der Waals surface area contributed by atoms with Crippen molar-refractivity contribution in [3.63, 3.8) is 0 Å². The third kappa shape index (κ3) is 3.63. The van der Waals surface area contributed by atoms with Crippen LogP contribution in [0.3, 0.4) is 0 Å². The zero-order valence-corrected chi connectivity index (χ0v) is 16.0. The van der Waals surface area contributed by atoms with Crippen molar-refractivity contribution in [1.82, 2.24) is 9.13 Å². The molecule has 3 aromatic heterocycles. The molecule has 3 aromatic rings. The molecule has 0 spiro atoms. The van der Waals surface area contributed by atoms with Crippen molar-refractivity contribution < 1.29 is 9.72 Å². The van der Waals surface area contributed by atoms with Gasteiger partial charge in [-0.05, 0) is 31.4 Å². The van der Waals surface area contributed by atoms with Crippen molar-refractivity contribution >= 4 is 22.8 Å². The molecule has 28 heavy (non-hydrogen) atoms. The van der Waals surface area contributed by atoms with Crippen molar-refractivity contribution in [2.45, 2.75) is 26.9 Å². The molecule has 0 unspecified atom stereocenters. The van der Waals surface area contributed by atoms with Crippen LogP contribution in [0.25, 0.3) is 0 Å². The molecule has 0 amide bonds. The minimum atomic E-state index is -0.728. The summed E-state index contributed by atoms with van der Waals surface area (Å²) in [5, 5.41) is 22.1. The Balaban J connectivity index is 1.94. The maximum atomic E-state index is 12.8. The highest BCUT2D eigenvalue weighted by molar-refractivity contribution is 7.09. The molecule has 0 aliphatic rings. The summed E-state index contributed by atoms with van der Waals surface area (Å²) >= 11 is 1.62. The monoisotopic (exact) mass is 396 g/mol. The highest BCUT2D eigenvalue weighted by Crippen LogP contribution is 2.20. The van der Waals surface area contributed by atoms with Gasteiger partial charge in [-0.3, -0.25) is 24.3 Å². The van der Waals surface area contributed by atoms with Crippen LogP contribution in [0.4, 0.5) is 5.69 Å². The summed E-state index contributed by atoms with van der Waals surface area (Å²) in [6.07, 6.45) is 0.992. The lowest BCUT2D eigenvalue weighted by Gasteiger charge is -2.09. The molecular formula is C19H16N4O4S. The van der Waals surface area contributed by atoms with E-state index < -0.39 is 16.2 Å². The molecule has 9 heteroatoms. The SMILES string of the molecule is Cc1cc(C(=O)Cn2cc([N+](=O)[O-])cc(C#N)c2=O)c(C)n1Cc1cccs1. The molecule has 0 aromatic carbocycles. The van der Waals surface area contributed by atoms with Gasteiger partial charge >= 0.3 is 0 Å². The summed E-state index contributed by atoms with van der Waals surface area (Å²) in [6, 6.07) is 8.27. The van der Waals surface area contributed by atoms with Gasteiger partial charge in [0, 0.05) is 27.9 Å². The summed E-state index contributed by atoms with van der Waals surface area (Å²) in [4.78, 5) is 36.6. The molecule has 0 fully saturated rings. The maximum Gasteiger partial charge on any atom is 0.287 e. The molecule has 142 valence electrons. The van der Waals surface area contributed by atoms with Crippen LogP contribution in [0.15, 0.2) is 40.6 Å². The minimum absolute atomic E-state index is 0.350. The number of nitrogens with zero attached hydrogens (tertiary/aromatic N) is 4. The fourth-order valence-corrected chi connectivity index (χ4v) is 3.73. The smallest absolute Gasteiger partial charge is 0.287 e. The third-order valence-electron chi connectivity index (χ3n) is 4.48. The lowest BCUT2D eigenvalue weighted by Crippen LogP contribution is -2.26. The Bertz CT molecular complexity index is 1170. The van der Waals surface area contributed by atoms with Gasteiger partial charge in [-0.1, -0.05) is 6.07 Å². The van der Waals surface area contributed by atoms with Gasteiger partial charge in [0.15, 0.2) is 5.78 Å². The third-order valence-corrected chi connectivity index (χ3v) is 5.35. The van der Waals surface area contributed by atoms with Gasteiger partial charge in [-0.2, -0.15) is 5.26 Å². The second kappa shape index (κ2) is 7.62. The molecule has 3 heterocycles. The van der Waals surface area contributed by atoms with Gasteiger partial charge < -0.3 is 4.57 Å². The quantitative estimate of drug-likeness (QED) is 0.361. The largest absolute Gasteiger partial charge is 0.343 e. The first-order valence-electron chi connectivity index (χ1n) is 8.33. The summed E-state index contributed by atoms with van der Waals surface area (Å²) in [5.41, 5.74) is 0.602. The van der Waals surface area contributed by atoms with E-state index >= 15 is 0 Å². The molecule has 0 aliphatic carbocycles. The first-order chi connectivity index (χ1) is 13.3. The second-order valence-electron chi connectivity index (χ2n) is 6.29. The standard InChI is InChI=1S/C19H16N4O4S/c1-12-6-17(13(2)22(12)10-16-4-3-5-28-16)18(24)11-21-9-15(23(26)27)7-14(8-20)19(21)25/h3-7,9H,10-11H2,1-2H3. The van der Waals surface area contributed by atoms with E-state index in [2.05, 4.69) is 0 Å². The van der Waals surface area contributed by atoms with E-state index in [1.54, 1.807) is 23.5 Å². The lowest BCUT2D eigenvalue weighted by molar-refractivity contribution is -0.385. The summed E-state index contributed by atoms with van der Waals surface area (Å²) < 4.78 is 2.93. The Morgan fingerprint density at radius 3 is 2.71 bits per heavy atom. The molecule has 0 saturated carbocycles. The Morgan fingerprint density at radius 2 is 2.11 bits per heavy atom. The molecular weight excluding hydrogens is 380 g/mol. The van der Waals surface area contributed by atoms with Gasteiger partial charge in [0.05, 0.1) is 24.2 Å². The van der Waals surface area contributed by atoms with Gasteiger partial charge in [-0.25, -0.2) is 0 Å². The zero-order chi connectivity index (χ0) is 20.4. The minimum Gasteiger partial charge on any atom is -0.343 e. The van der Waals surface area contributed by atoms with E-state index in [1.165, 1.54) is 0 Å². The van der Waals surface area contributed by atoms with Crippen LogP contribution in [0.1, 0.15) is 32.2 Å². The topological polar surface area (TPSA) is 111 Å². The molecule has 0 aliphatic heterocycles. The Hall–Kier alpha value is -3.51. The van der Waals surface area contributed by atoms with Gasteiger partial charge in [0.2, 0.25) is 0 Å². The predicted molar refractivity (Wildman–Crippen MR) is 104 cm³/mol. The maximum absolute atomic E-state index is 12.8. The van der Waals surface area contributed by atoms with E-state index in [0.29, 0.717) is 12.1 Å². The highest BCUT2D eigenvalue weighted by atomic mass is 32.1. The van der Waals surface area contributed by atoms with E-state index in [9.17, 15) is 19.7 Å². The van der Waals surface area contributed by atoms with E-state index in [0.717, 1.165) is 33.1 Å². The first kappa shape index (κ1) is 19.3. The lowest BCUT2D eigenvalue weighted by atomic mass is 10.1. The molecule has 8 nitrogen and oxygen atoms in total. The van der Waals surface area contributed by atoms with Crippen LogP contribution in [-0.4, -0.2) is 19.8 Å². The number of nitriles is 1. The van der Waals surface area contributed by atoms with Gasteiger partial charge in [-0.15, -0.1) is 11.3 Å².